The molecule has 0 saturated heterocycles. The van der Waals surface area contributed by atoms with Crippen molar-refractivity contribution in [3.8, 4) is 11.5 Å². The number of phenolic OH excluding ortho intramolecular Hbond substituents is 2. The van der Waals surface area contributed by atoms with E-state index >= 15 is 0 Å². The number of benzene rings is 1. The zero-order valence-corrected chi connectivity index (χ0v) is 10.3. The quantitative estimate of drug-likeness (QED) is 0.628. The summed E-state index contributed by atoms with van der Waals surface area (Å²) < 4.78 is 4.92. The number of amides is 1. The van der Waals surface area contributed by atoms with Gasteiger partial charge in [-0.2, -0.15) is 0 Å². The molecule has 0 aromatic heterocycles. The van der Waals surface area contributed by atoms with Crippen molar-refractivity contribution < 1.29 is 19.7 Å². The van der Waals surface area contributed by atoms with Crippen molar-refractivity contribution in [3.63, 3.8) is 0 Å². The van der Waals surface area contributed by atoms with E-state index in [2.05, 4.69) is 0 Å². The minimum Gasteiger partial charge on any atom is -0.504 e. The van der Waals surface area contributed by atoms with Gasteiger partial charge in [-0.1, -0.05) is 0 Å². The van der Waals surface area contributed by atoms with Gasteiger partial charge in [0.05, 0.1) is 6.61 Å². The number of hydrogen-bond donors (Lipinski definition) is 3. The maximum Gasteiger partial charge on any atom is 0.254 e. The van der Waals surface area contributed by atoms with E-state index in [0.29, 0.717) is 31.8 Å². The van der Waals surface area contributed by atoms with Gasteiger partial charge in [-0.3, -0.25) is 4.79 Å². The Kier molecular flexibility index (Phi) is 5.41. The van der Waals surface area contributed by atoms with Gasteiger partial charge in [0.1, 0.15) is 0 Å². The average molecular weight is 254 g/mol. The van der Waals surface area contributed by atoms with E-state index in [-0.39, 0.29) is 17.4 Å². The monoisotopic (exact) mass is 254 g/mol. The summed E-state index contributed by atoms with van der Waals surface area (Å²) >= 11 is 0. The first kappa shape index (κ1) is 14.3. The molecule has 0 bridgehead atoms. The predicted octanol–water partition coefficient (Wildman–Crippen LogP) is 0.145. The highest BCUT2D eigenvalue weighted by Gasteiger charge is 2.16. The fourth-order valence-corrected chi connectivity index (χ4v) is 1.51. The van der Waals surface area contributed by atoms with Gasteiger partial charge >= 0.3 is 0 Å². The highest BCUT2D eigenvalue weighted by atomic mass is 16.5. The average Bonchev–Trinajstić information content (AvgIpc) is 2.37. The maximum atomic E-state index is 12.1. The Bertz CT molecular complexity index is 409. The molecule has 0 aliphatic rings. The van der Waals surface area contributed by atoms with Crippen molar-refractivity contribution in [1.82, 2.24) is 4.90 Å². The largest absolute Gasteiger partial charge is 0.504 e. The summed E-state index contributed by atoms with van der Waals surface area (Å²) in [6.45, 7) is 1.59. The van der Waals surface area contributed by atoms with Crippen LogP contribution in [0.1, 0.15) is 10.4 Å². The number of hydrogen-bond acceptors (Lipinski definition) is 5. The van der Waals surface area contributed by atoms with Gasteiger partial charge in [-0.05, 0) is 18.2 Å². The summed E-state index contributed by atoms with van der Waals surface area (Å²) in [5.41, 5.74) is 5.75. The third-order valence-corrected chi connectivity index (χ3v) is 2.47. The summed E-state index contributed by atoms with van der Waals surface area (Å²) in [7, 11) is 1.55. The Balaban J connectivity index is 2.83. The van der Waals surface area contributed by atoms with Gasteiger partial charge in [0.2, 0.25) is 0 Å². The molecule has 1 aromatic carbocycles. The molecule has 6 heteroatoms. The van der Waals surface area contributed by atoms with Crippen molar-refractivity contribution in [2.24, 2.45) is 5.73 Å². The molecule has 6 nitrogen and oxygen atoms in total. The molecule has 0 spiro atoms. The van der Waals surface area contributed by atoms with Crippen LogP contribution in [0.2, 0.25) is 0 Å². The van der Waals surface area contributed by atoms with Crippen LogP contribution < -0.4 is 5.73 Å². The summed E-state index contributed by atoms with van der Waals surface area (Å²) in [6, 6.07) is 3.96. The minimum atomic E-state index is -0.319. The number of carbonyl (C=O) groups excluding carboxylic acids is 1. The first-order chi connectivity index (χ1) is 8.60. The maximum absolute atomic E-state index is 12.1. The van der Waals surface area contributed by atoms with Crippen LogP contribution in [0, 0.1) is 0 Å². The number of phenols is 2. The summed E-state index contributed by atoms with van der Waals surface area (Å²) in [6.07, 6.45) is 0. The third kappa shape index (κ3) is 3.61. The number of ether oxygens (including phenoxy) is 1. The van der Waals surface area contributed by atoms with Crippen molar-refractivity contribution in [3.05, 3.63) is 23.8 Å². The SMILES string of the molecule is COCCN(CCN)C(=O)c1ccc(O)c(O)c1. The lowest BCUT2D eigenvalue weighted by Crippen LogP contribution is -2.37. The Labute approximate surface area is 106 Å². The zero-order chi connectivity index (χ0) is 13.5. The number of carbonyl (C=O) groups is 1. The van der Waals surface area contributed by atoms with Gasteiger partial charge in [0.25, 0.3) is 5.91 Å². The van der Waals surface area contributed by atoms with E-state index < -0.39 is 0 Å². The predicted molar refractivity (Wildman–Crippen MR) is 66.6 cm³/mol. The Morgan fingerprint density at radius 3 is 2.61 bits per heavy atom. The first-order valence-corrected chi connectivity index (χ1v) is 5.60. The van der Waals surface area contributed by atoms with E-state index in [1.807, 2.05) is 0 Å². The molecule has 4 N–H and O–H groups in total. The second-order valence-electron chi connectivity index (χ2n) is 3.78. The molecule has 0 aliphatic heterocycles. The third-order valence-electron chi connectivity index (χ3n) is 2.47. The fourth-order valence-electron chi connectivity index (χ4n) is 1.51. The number of rotatable bonds is 6. The van der Waals surface area contributed by atoms with Crippen molar-refractivity contribution >= 4 is 5.91 Å². The molecule has 0 aliphatic carbocycles. The Morgan fingerprint density at radius 2 is 2.06 bits per heavy atom. The smallest absolute Gasteiger partial charge is 0.254 e. The van der Waals surface area contributed by atoms with E-state index in [9.17, 15) is 15.0 Å². The second kappa shape index (κ2) is 6.83. The van der Waals surface area contributed by atoms with Crippen LogP contribution in [0.5, 0.6) is 11.5 Å². The molecule has 0 unspecified atom stereocenters. The molecule has 1 rings (SSSR count). The lowest BCUT2D eigenvalue weighted by atomic mass is 10.1. The lowest BCUT2D eigenvalue weighted by Gasteiger charge is -2.21. The van der Waals surface area contributed by atoms with Gasteiger partial charge in [0.15, 0.2) is 11.5 Å². The Hall–Kier alpha value is -1.79. The normalized spacial score (nSPS) is 10.3. The highest BCUT2D eigenvalue weighted by Crippen LogP contribution is 2.25. The van der Waals surface area contributed by atoms with Crippen LogP contribution in [0.3, 0.4) is 0 Å². The van der Waals surface area contributed by atoms with E-state index in [1.54, 1.807) is 7.11 Å². The molecule has 1 amide bonds. The van der Waals surface area contributed by atoms with E-state index in [1.165, 1.54) is 23.1 Å². The summed E-state index contributed by atoms with van der Waals surface area (Å²) in [5, 5.41) is 18.6. The van der Waals surface area contributed by atoms with Crippen molar-refractivity contribution in [2.75, 3.05) is 33.4 Å². The molecule has 18 heavy (non-hydrogen) atoms. The number of nitrogens with zero attached hydrogens (tertiary/aromatic N) is 1. The molecular weight excluding hydrogens is 236 g/mol. The minimum absolute atomic E-state index is 0.256. The van der Waals surface area contributed by atoms with E-state index in [0.717, 1.165) is 0 Å². The van der Waals surface area contributed by atoms with Crippen molar-refractivity contribution in [2.45, 2.75) is 0 Å². The van der Waals surface area contributed by atoms with Crippen LogP contribution in [0.15, 0.2) is 18.2 Å². The van der Waals surface area contributed by atoms with Crippen LogP contribution in [-0.2, 0) is 4.74 Å². The van der Waals surface area contributed by atoms with Gasteiger partial charge in [-0.25, -0.2) is 0 Å². The highest BCUT2D eigenvalue weighted by molar-refractivity contribution is 5.94. The molecular formula is C12H18N2O4. The summed E-state index contributed by atoms with van der Waals surface area (Å²) in [4.78, 5) is 13.7. The molecule has 100 valence electrons. The standard InChI is InChI=1S/C12H18N2O4/c1-18-7-6-14(5-4-13)12(17)9-2-3-10(15)11(16)8-9/h2-3,8,15-16H,4-7,13H2,1H3. The number of nitrogens with two attached hydrogens (primary N) is 1. The number of methoxy groups -OCH3 is 1. The van der Waals surface area contributed by atoms with Gasteiger partial charge in [0, 0.05) is 32.3 Å². The van der Waals surface area contributed by atoms with Gasteiger partial charge < -0.3 is 25.6 Å². The van der Waals surface area contributed by atoms with Crippen molar-refractivity contribution in [1.29, 1.82) is 0 Å². The van der Waals surface area contributed by atoms with Crippen LogP contribution in [-0.4, -0.2) is 54.4 Å². The first-order valence-electron chi connectivity index (χ1n) is 5.60. The molecule has 0 atom stereocenters. The van der Waals surface area contributed by atoms with Crippen LogP contribution in [0.25, 0.3) is 0 Å². The van der Waals surface area contributed by atoms with Gasteiger partial charge in [-0.15, -0.1) is 0 Å². The molecule has 0 heterocycles. The molecule has 1 aromatic rings. The lowest BCUT2D eigenvalue weighted by molar-refractivity contribution is 0.0701. The molecule has 0 fully saturated rings. The number of aromatic hydroxyl groups is 2. The zero-order valence-electron chi connectivity index (χ0n) is 10.3. The van der Waals surface area contributed by atoms with E-state index in [4.69, 9.17) is 10.5 Å². The second-order valence-corrected chi connectivity index (χ2v) is 3.78. The fraction of sp³-hybridized carbons (Fsp3) is 0.417. The summed E-state index contributed by atoms with van der Waals surface area (Å²) in [5.74, 6) is -0.832. The van der Waals surface area contributed by atoms with Crippen LogP contribution >= 0.6 is 0 Å². The van der Waals surface area contributed by atoms with Crippen LogP contribution in [0.4, 0.5) is 0 Å². The topological polar surface area (TPSA) is 96.0 Å². The Morgan fingerprint density at radius 1 is 1.33 bits per heavy atom. The molecule has 0 saturated carbocycles. The molecule has 0 radical (unpaired) electrons.